The lowest BCUT2D eigenvalue weighted by Crippen LogP contribution is -2.40. The highest BCUT2D eigenvalue weighted by atomic mass is 16.3. The van der Waals surface area contributed by atoms with Gasteiger partial charge in [-0.3, -0.25) is 4.90 Å². The van der Waals surface area contributed by atoms with Crippen LogP contribution in [0.1, 0.15) is 26.7 Å². The molecule has 0 unspecified atom stereocenters. The Kier molecular flexibility index (Phi) is 4.23. The predicted molar refractivity (Wildman–Crippen MR) is 68.6 cm³/mol. The van der Waals surface area contributed by atoms with Crippen molar-refractivity contribution >= 4 is 0 Å². The van der Waals surface area contributed by atoms with Crippen LogP contribution < -0.4 is 0 Å². The molecule has 2 aliphatic rings. The molecule has 0 heterocycles. The molecule has 0 aliphatic heterocycles. The Balaban J connectivity index is 1.86. The van der Waals surface area contributed by atoms with Gasteiger partial charge in [0.15, 0.2) is 0 Å². The van der Waals surface area contributed by atoms with Crippen LogP contribution in [0.3, 0.4) is 0 Å². The average molecular weight is 239 g/mol. The fourth-order valence-electron chi connectivity index (χ4n) is 3.41. The largest absolute Gasteiger partial charge is 0.392 e. The van der Waals surface area contributed by atoms with Crippen molar-refractivity contribution in [1.29, 1.82) is 0 Å². The molecule has 5 atom stereocenters. The topological polar surface area (TPSA) is 43.7 Å². The van der Waals surface area contributed by atoms with Crippen LogP contribution in [-0.4, -0.2) is 47.0 Å². The first-order chi connectivity index (χ1) is 8.04. The van der Waals surface area contributed by atoms with Crippen molar-refractivity contribution in [2.75, 3.05) is 19.6 Å². The van der Waals surface area contributed by atoms with Gasteiger partial charge in [-0.1, -0.05) is 12.2 Å². The van der Waals surface area contributed by atoms with Gasteiger partial charge < -0.3 is 10.2 Å². The minimum atomic E-state index is -0.317. The summed E-state index contributed by atoms with van der Waals surface area (Å²) in [6, 6.07) is 0. The van der Waals surface area contributed by atoms with Gasteiger partial charge in [-0.25, -0.2) is 0 Å². The third-order valence-electron chi connectivity index (χ3n) is 3.95. The molecule has 2 aliphatic carbocycles. The molecule has 2 N–H and O–H groups in total. The van der Waals surface area contributed by atoms with Crippen molar-refractivity contribution in [1.82, 2.24) is 4.90 Å². The summed E-state index contributed by atoms with van der Waals surface area (Å²) >= 11 is 0. The maximum absolute atomic E-state index is 9.50. The highest BCUT2D eigenvalue weighted by Crippen LogP contribution is 2.43. The number of hydrogen-bond donors (Lipinski definition) is 2. The molecule has 0 amide bonds. The van der Waals surface area contributed by atoms with E-state index in [-0.39, 0.29) is 12.2 Å². The van der Waals surface area contributed by atoms with Gasteiger partial charge in [0.05, 0.1) is 12.2 Å². The van der Waals surface area contributed by atoms with Crippen LogP contribution in [0.2, 0.25) is 0 Å². The third kappa shape index (κ3) is 3.54. The minimum Gasteiger partial charge on any atom is -0.392 e. The van der Waals surface area contributed by atoms with Gasteiger partial charge in [0.25, 0.3) is 0 Å². The monoisotopic (exact) mass is 239 g/mol. The number of aliphatic hydroxyl groups is 2. The first-order valence-electron chi connectivity index (χ1n) is 6.81. The predicted octanol–water partition coefficient (Wildman–Crippen LogP) is 1.26. The quantitative estimate of drug-likeness (QED) is 0.686. The summed E-state index contributed by atoms with van der Waals surface area (Å²) in [7, 11) is 0. The summed E-state index contributed by atoms with van der Waals surface area (Å²) in [4.78, 5) is 2.22. The van der Waals surface area contributed by atoms with E-state index in [0.29, 0.717) is 13.1 Å². The molecule has 98 valence electrons. The van der Waals surface area contributed by atoms with Gasteiger partial charge in [0.2, 0.25) is 0 Å². The SMILES string of the molecule is C[C@H](O)CN(C[C@H]1C[C@H]2C=C[C@H]1C2)C[C@@H](C)O. The van der Waals surface area contributed by atoms with Crippen LogP contribution in [0.15, 0.2) is 12.2 Å². The van der Waals surface area contributed by atoms with Crippen LogP contribution in [-0.2, 0) is 0 Å². The first-order valence-corrected chi connectivity index (χ1v) is 6.81. The van der Waals surface area contributed by atoms with E-state index in [0.717, 1.165) is 24.3 Å². The van der Waals surface area contributed by atoms with E-state index in [1.54, 1.807) is 0 Å². The van der Waals surface area contributed by atoms with Crippen LogP contribution in [0.5, 0.6) is 0 Å². The van der Waals surface area contributed by atoms with Gasteiger partial charge in [0.1, 0.15) is 0 Å². The zero-order valence-electron chi connectivity index (χ0n) is 10.9. The molecule has 1 saturated carbocycles. The number of rotatable bonds is 6. The molecule has 0 aromatic heterocycles. The van der Waals surface area contributed by atoms with E-state index in [1.165, 1.54) is 12.8 Å². The van der Waals surface area contributed by atoms with E-state index in [9.17, 15) is 10.2 Å². The molecule has 17 heavy (non-hydrogen) atoms. The Hall–Kier alpha value is -0.380. The van der Waals surface area contributed by atoms with Crippen molar-refractivity contribution in [3.8, 4) is 0 Å². The Morgan fingerprint density at radius 3 is 2.18 bits per heavy atom. The van der Waals surface area contributed by atoms with Crippen LogP contribution in [0, 0.1) is 17.8 Å². The van der Waals surface area contributed by atoms with Crippen molar-refractivity contribution in [2.24, 2.45) is 17.8 Å². The van der Waals surface area contributed by atoms with Crippen molar-refractivity contribution < 1.29 is 10.2 Å². The highest BCUT2D eigenvalue weighted by Gasteiger charge is 2.36. The third-order valence-corrected chi connectivity index (χ3v) is 3.95. The van der Waals surface area contributed by atoms with Gasteiger partial charge in [0, 0.05) is 19.6 Å². The first kappa shape index (κ1) is 13.1. The maximum Gasteiger partial charge on any atom is 0.0639 e. The fourth-order valence-corrected chi connectivity index (χ4v) is 3.41. The van der Waals surface area contributed by atoms with Gasteiger partial charge in [-0.15, -0.1) is 0 Å². The molecule has 0 radical (unpaired) electrons. The zero-order chi connectivity index (χ0) is 12.4. The van der Waals surface area contributed by atoms with Crippen LogP contribution >= 0.6 is 0 Å². The van der Waals surface area contributed by atoms with Crippen molar-refractivity contribution in [3.05, 3.63) is 12.2 Å². The number of allylic oxidation sites excluding steroid dienone is 2. The van der Waals surface area contributed by atoms with E-state index < -0.39 is 0 Å². The Labute approximate surface area is 104 Å². The molecule has 0 spiro atoms. The summed E-state index contributed by atoms with van der Waals surface area (Å²) in [5, 5.41) is 19.0. The molecule has 3 heteroatoms. The number of aliphatic hydroxyl groups excluding tert-OH is 2. The fraction of sp³-hybridized carbons (Fsp3) is 0.857. The molecule has 2 rings (SSSR count). The molecule has 0 saturated heterocycles. The van der Waals surface area contributed by atoms with Gasteiger partial charge in [-0.2, -0.15) is 0 Å². The van der Waals surface area contributed by atoms with Crippen LogP contribution in [0.25, 0.3) is 0 Å². The number of fused-ring (bicyclic) bond motifs is 2. The molecule has 2 bridgehead atoms. The summed E-state index contributed by atoms with van der Waals surface area (Å²) in [5.41, 5.74) is 0. The summed E-state index contributed by atoms with van der Waals surface area (Å²) in [6.07, 6.45) is 6.70. The zero-order valence-corrected chi connectivity index (χ0v) is 10.9. The number of nitrogens with zero attached hydrogens (tertiary/aromatic N) is 1. The highest BCUT2D eigenvalue weighted by molar-refractivity contribution is 5.10. The molecule has 0 aromatic carbocycles. The lowest BCUT2D eigenvalue weighted by Gasteiger charge is -2.30. The summed E-state index contributed by atoms with van der Waals surface area (Å²) in [5.74, 6) is 2.26. The van der Waals surface area contributed by atoms with E-state index in [1.807, 2.05) is 13.8 Å². The lowest BCUT2D eigenvalue weighted by molar-refractivity contribution is 0.0710. The lowest BCUT2D eigenvalue weighted by atomic mass is 9.93. The normalized spacial score (nSPS) is 34.5. The Morgan fingerprint density at radius 1 is 1.12 bits per heavy atom. The molecule has 0 aromatic rings. The van der Waals surface area contributed by atoms with Crippen molar-refractivity contribution in [2.45, 2.75) is 38.9 Å². The second kappa shape index (κ2) is 5.51. The van der Waals surface area contributed by atoms with E-state index >= 15 is 0 Å². The van der Waals surface area contributed by atoms with Gasteiger partial charge >= 0.3 is 0 Å². The van der Waals surface area contributed by atoms with E-state index in [2.05, 4.69) is 17.1 Å². The van der Waals surface area contributed by atoms with Crippen molar-refractivity contribution in [3.63, 3.8) is 0 Å². The molecule has 3 nitrogen and oxygen atoms in total. The summed E-state index contributed by atoms with van der Waals surface area (Å²) in [6.45, 7) is 5.98. The van der Waals surface area contributed by atoms with Crippen LogP contribution in [0.4, 0.5) is 0 Å². The Morgan fingerprint density at radius 2 is 1.76 bits per heavy atom. The maximum atomic E-state index is 9.50. The second-order valence-corrected chi connectivity index (χ2v) is 5.96. The van der Waals surface area contributed by atoms with E-state index in [4.69, 9.17) is 0 Å². The average Bonchev–Trinajstić information content (AvgIpc) is 2.76. The van der Waals surface area contributed by atoms with Gasteiger partial charge in [-0.05, 0) is 44.4 Å². The molecular weight excluding hydrogens is 214 g/mol. The Bertz CT molecular complexity index is 265. The minimum absolute atomic E-state index is 0.317. The summed E-state index contributed by atoms with van der Waals surface area (Å²) < 4.78 is 0. The molecule has 1 fully saturated rings. The molecular formula is C14H25NO2. The standard InChI is InChI=1S/C14H25NO2/c1-10(16)7-15(8-11(2)17)9-14-6-12-3-4-13(14)5-12/h3-4,10-14,16-17H,5-9H2,1-2H3/t10-,11+,12-,13-,14+/m0/s1. The smallest absolute Gasteiger partial charge is 0.0639 e. The second-order valence-electron chi connectivity index (χ2n) is 5.96. The number of hydrogen-bond acceptors (Lipinski definition) is 3.